The zero-order chi connectivity index (χ0) is 18.6. The molecule has 0 aliphatic carbocycles. The van der Waals surface area contributed by atoms with E-state index in [2.05, 4.69) is 15.2 Å². The molecule has 4 rings (SSSR count). The fourth-order valence-corrected chi connectivity index (χ4v) is 3.72. The Morgan fingerprint density at radius 2 is 2.04 bits per heavy atom. The first kappa shape index (κ1) is 17.7. The Balaban J connectivity index is 1.31. The predicted octanol–water partition coefficient (Wildman–Crippen LogP) is 2.69. The lowest BCUT2D eigenvalue weighted by Crippen LogP contribution is -2.38. The van der Waals surface area contributed by atoms with Crippen molar-refractivity contribution in [3.8, 4) is 11.5 Å². The van der Waals surface area contributed by atoms with E-state index in [1.54, 1.807) is 29.4 Å². The molecule has 0 saturated carbocycles. The highest BCUT2D eigenvalue weighted by Crippen LogP contribution is 2.27. The van der Waals surface area contributed by atoms with Gasteiger partial charge in [0.05, 0.1) is 12.6 Å². The molecule has 0 fully saturated rings. The van der Waals surface area contributed by atoms with Gasteiger partial charge in [-0.2, -0.15) is 0 Å². The Hall–Kier alpha value is -2.71. The number of amides is 1. The van der Waals surface area contributed by atoms with Crippen molar-refractivity contribution in [2.24, 2.45) is 0 Å². The lowest BCUT2D eigenvalue weighted by Gasteiger charge is -2.32. The van der Waals surface area contributed by atoms with E-state index in [1.165, 1.54) is 11.8 Å². The van der Waals surface area contributed by atoms with E-state index >= 15 is 0 Å². The summed E-state index contributed by atoms with van der Waals surface area (Å²) in [4.78, 5) is 18.2. The quantitative estimate of drug-likeness (QED) is 0.678. The Bertz CT molecular complexity index is 931. The number of hydrogen-bond donors (Lipinski definition) is 1. The van der Waals surface area contributed by atoms with Crippen molar-refractivity contribution < 1.29 is 14.3 Å². The molecule has 7 nitrogen and oxygen atoms in total. The van der Waals surface area contributed by atoms with E-state index < -0.39 is 6.10 Å². The number of aromatic nitrogens is 3. The second kappa shape index (κ2) is 7.89. The normalized spacial score (nSPS) is 16.2. The average Bonchev–Trinajstić information content (AvgIpc) is 3.17. The van der Waals surface area contributed by atoms with Gasteiger partial charge in [-0.15, -0.1) is 10.2 Å². The highest BCUT2D eigenvalue weighted by atomic mass is 32.2. The van der Waals surface area contributed by atoms with Gasteiger partial charge < -0.3 is 14.4 Å². The summed E-state index contributed by atoms with van der Waals surface area (Å²) in [6, 6.07) is 11.3. The van der Waals surface area contributed by atoms with E-state index in [-0.39, 0.29) is 5.91 Å². The van der Waals surface area contributed by atoms with Gasteiger partial charge in [0.15, 0.2) is 0 Å². The van der Waals surface area contributed by atoms with Gasteiger partial charge in [0.2, 0.25) is 11.8 Å². The van der Waals surface area contributed by atoms with E-state index in [4.69, 9.17) is 4.42 Å². The van der Waals surface area contributed by atoms with Gasteiger partial charge in [-0.25, -0.2) is 0 Å². The van der Waals surface area contributed by atoms with Crippen molar-refractivity contribution in [1.82, 2.24) is 20.1 Å². The second-order valence-corrected chi connectivity index (χ2v) is 7.24. The summed E-state index contributed by atoms with van der Waals surface area (Å²) in [6.07, 6.45) is 3.03. The van der Waals surface area contributed by atoms with Crippen LogP contribution in [-0.2, 0) is 11.3 Å². The SMILES string of the molecule is O=C(CCSc1nnc(-c2ccncc2)o1)N1Cc2ccccc2C(O)C1. The number of β-amino-alcohol motifs (C(OH)–C–C–N with tert-alkyl or cyclic N) is 1. The van der Waals surface area contributed by atoms with Gasteiger partial charge in [0, 0.05) is 36.7 Å². The van der Waals surface area contributed by atoms with Crippen LogP contribution in [0.15, 0.2) is 58.4 Å². The first-order chi connectivity index (χ1) is 13.2. The summed E-state index contributed by atoms with van der Waals surface area (Å²) < 4.78 is 5.61. The molecular formula is C19H18N4O3S. The lowest BCUT2D eigenvalue weighted by atomic mass is 9.97. The number of carbonyl (C=O) groups excluding carboxylic acids is 1. The maximum absolute atomic E-state index is 12.5. The maximum Gasteiger partial charge on any atom is 0.276 e. The third-order valence-corrected chi connectivity index (χ3v) is 5.22. The van der Waals surface area contributed by atoms with Crippen molar-refractivity contribution in [1.29, 1.82) is 0 Å². The van der Waals surface area contributed by atoms with Crippen LogP contribution in [0.3, 0.4) is 0 Å². The monoisotopic (exact) mass is 382 g/mol. The van der Waals surface area contributed by atoms with Crippen LogP contribution < -0.4 is 0 Å². The molecule has 0 spiro atoms. The molecule has 1 amide bonds. The van der Waals surface area contributed by atoms with E-state index in [0.717, 1.165) is 16.7 Å². The summed E-state index contributed by atoms with van der Waals surface area (Å²) in [5, 5.41) is 18.7. The van der Waals surface area contributed by atoms with Crippen molar-refractivity contribution in [2.45, 2.75) is 24.3 Å². The molecule has 1 aliphatic rings. The highest BCUT2D eigenvalue weighted by molar-refractivity contribution is 7.99. The molecule has 0 bridgehead atoms. The molecule has 2 aromatic heterocycles. The third kappa shape index (κ3) is 4.01. The molecule has 3 heterocycles. The predicted molar refractivity (Wildman–Crippen MR) is 99.7 cm³/mol. The van der Waals surface area contributed by atoms with Gasteiger partial charge in [0.25, 0.3) is 5.22 Å². The smallest absolute Gasteiger partial charge is 0.276 e. The summed E-state index contributed by atoms with van der Waals surface area (Å²) in [5.41, 5.74) is 2.71. The molecule has 0 saturated heterocycles. The molecule has 8 heteroatoms. The molecule has 1 N–H and O–H groups in total. The number of thioether (sulfide) groups is 1. The lowest BCUT2D eigenvalue weighted by molar-refractivity contribution is -0.133. The van der Waals surface area contributed by atoms with Gasteiger partial charge in [-0.3, -0.25) is 9.78 Å². The summed E-state index contributed by atoms with van der Waals surface area (Å²) >= 11 is 1.35. The van der Waals surface area contributed by atoms with Crippen molar-refractivity contribution in [2.75, 3.05) is 12.3 Å². The van der Waals surface area contributed by atoms with Crippen molar-refractivity contribution in [3.63, 3.8) is 0 Å². The maximum atomic E-state index is 12.5. The number of aliphatic hydroxyl groups excluding tert-OH is 1. The van der Waals surface area contributed by atoms with E-state index in [9.17, 15) is 9.90 Å². The number of aliphatic hydroxyl groups is 1. The Morgan fingerprint density at radius 3 is 2.89 bits per heavy atom. The largest absolute Gasteiger partial charge is 0.411 e. The number of benzene rings is 1. The number of hydrogen-bond acceptors (Lipinski definition) is 7. The van der Waals surface area contributed by atoms with Crippen LogP contribution in [0.4, 0.5) is 0 Å². The molecule has 0 radical (unpaired) electrons. The number of pyridine rings is 1. The van der Waals surface area contributed by atoms with Gasteiger partial charge >= 0.3 is 0 Å². The van der Waals surface area contributed by atoms with Crippen molar-refractivity contribution >= 4 is 17.7 Å². The van der Waals surface area contributed by atoms with Gasteiger partial charge in [0.1, 0.15) is 0 Å². The Kier molecular flexibility index (Phi) is 5.17. The minimum atomic E-state index is -0.634. The van der Waals surface area contributed by atoms with Crippen molar-refractivity contribution in [3.05, 3.63) is 59.9 Å². The number of fused-ring (bicyclic) bond motifs is 1. The standard InChI is InChI=1S/C19H18N4O3S/c24-16-12-23(11-14-3-1-2-4-15(14)16)17(25)7-10-27-19-22-21-18(26-19)13-5-8-20-9-6-13/h1-6,8-9,16,24H,7,10-12H2. The van der Waals surface area contributed by atoms with Crippen LogP contribution in [0.1, 0.15) is 23.7 Å². The fraction of sp³-hybridized carbons (Fsp3) is 0.263. The van der Waals surface area contributed by atoms with Crippen LogP contribution in [-0.4, -0.2) is 43.4 Å². The molecule has 3 aromatic rings. The summed E-state index contributed by atoms with van der Waals surface area (Å²) in [6.45, 7) is 0.858. The number of carbonyl (C=O) groups is 1. The first-order valence-electron chi connectivity index (χ1n) is 8.61. The summed E-state index contributed by atoms with van der Waals surface area (Å²) in [5.74, 6) is 0.970. The fourth-order valence-electron chi connectivity index (χ4n) is 3.03. The number of nitrogens with zero attached hydrogens (tertiary/aromatic N) is 4. The van der Waals surface area contributed by atoms with Gasteiger partial charge in [-0.05, 0) is 23.3 Å². The Labute approximate surface area is 160 Å². The molecule has 1 aliphatic heterocycles. The highest BCUT2D eigenvalue weighted by Gasteiger charge is 2.26. The van der Waals surface area contributed by atoms with Crippen LogP contribution in [0.5, 0.6) is 0 Å². The number of rotatable bonds is 5. The minimum absolute atomic E-state index is 0.00456. The molecule has 1 atom stereocenters. The first-order valence-corrected chi connectivity index (χ1v) is 9.59. The second-order valence-electron chi connectivity index (χ2n) is 6.20. The van der Waals surface area contributed by atoms with Crippen LogP contribution in [0.2, 0.25) is 0 Å². The Morgan fingerprint density at radius 1 is 1.22 bits per heavy atom. The molecule has 27 heavy (non-hydrogen) atoms. The van der Waals surface area contributed by atoms with Gasteiger partial charge in [-0.1, -0.05) is 36.0 Å². The van der Waals surface area contributed by atoms with E-state index in [1.807, 2.05) is 24.3 Å². The van der Waals surface area contributed by atoms with Crippen LogP contribution in [0.25, 0.3) is 11.5 Å². The minimum Gasteiger partial charge on any atom is -0.411 e. The zero-order valence-corrected chi connectivity index (χ0v) is 15.3. The molecular weight excluding hydrogens is 364 g/mol. The van der Waals surface area contributed by atoms with Crippen LogP contribution >= 0.6 is 11.8 Å². The average molecular weight is 382 g/mol. The molecule has 1 unspecified atom stereocenters. The molecule has 1 aromatic carbocycles. The third-order valence-electron chi connectivity index (χ3n) is 4.40. The van der Waals surface area contributed by atoms with E-state index in [0.29, 0.717) is 36.4 Å². The topological polar surface area (TPSA) is 92.3 Å². The van der Waals surface area contributed by atoms with Crippen LogP contribution in [0, 0.1) is 0 Å². The zero-order valence-electron chi connectivity index (χ0n) is 14.5. The molecule has 138 valence electrons. The summed E-state index contributed by atoms with van der Waals surface area (Å²) in [7, 11) is 0.